The van der Waals surface area contributed by atoms with E-state index in [4.69, 9.17) is 4.55 Å². The van der Waals surface area contributed by atoms with Crippen LogP contribution in [0.4, 0.5) is 0 Å². The van der Waals surface area contributed by atoms with Crippen LogP contribution in [0.3, 0.4) is 0 Å². The van der Waals surface area contributed by atoms with Crippen molar-refractivity contribution in [1.82, 2.24) is 5.32 Å². The first-order valence-corrected chi connectivity index (χ1v) is 7.59. The minimum atomic E-state index is 0.701. The zero-order valence-corrected chi connectivity index (χ0v) is 11.7. The first kappa shape index (κ1) is 14.3. The molecule has 1 aliphatic carbocycles. The highest BCUT2D eigenvalue weighted by Crippen LogP contribution is 2.33. The van der Waals surface area contributed by atoms with Gasteiger partial charge >= 0.3 is 0 Å². The summed E-state index contributed by atoms with van der Waals surface area (Å²) in [4.78, 5) is 0. The summed E-state index contributed by atoms with van der Waals surface area (Å²) in [6.45, 7) is 8.11. The van der Waals surface area contributed by atoms with E-state index in [1.807, 2.05) is 0 Å². The van der Waals surface area contributed by atoms with Gasteiger partial charge in [0.1, 0.15) is 0 Å². The summed E-state index contributed by atoms with van der Waals surface area (Å²) in [5.41, 5.74) is 0. The lowest BCUT2D eigenvalue weighted by Crippen LogP contribution is -2.43. The highest BCUT2D eigenvalue weighted by molar-refractivity contribution is 7.93. The van der Waals surface area contributed by atoms with E-state index in [1.165, 1.54) is 19.3 Å². The Morgan fingerprint density at radius 3 is 2.75 bits per heavy atom. The van der Waals surface area contributed by atoms with Crippen LogP contribution in [0.5, 0.6) is 0 Å². The predicted octanol–water partition coefficient (Wildman–Crippen LogP) is 3.63. The zero-order chi connectivity index (χ0) is 12.0. The SMILES string of the molecule is CC1CC[C@@H](C(C)C)C(NCCCSO)C1. The monoisotopic (exact) mass is 245 g/mol. The molecule has 16 heavy (non-hydrogen) atoms. The molecule has 0 aromatic carbocycles. The molecular weight excluding hydrogens is 218 g/mol. The van der Waals surface area contributed by atoms with Gasteiger partial charge in [0.25, 0.3) is 0 Å². The van der Waals surface area contributed by atoms with Gasteiger partial charge in [0.2, 0.25) is 0 Å². The summed E-state index contributed by atoms with van der Waals surface area (Å²) in [6, 6.07) is 0.701. The van der Waals surface area contributed by atoms with Gasteiger partial charge in [-0.2, -0.15) is 0 Å². The maximum Gasteiger partial charge on any atom is 0.0207 e. The number of hydrogen-bond donors (Lipinski definition) is 2. The van der Waals surface area contributed by atoms with Gasteiger partial charge in [0.15, 0.2) is 0 Å². The molecule has 2 nitrogen and oxygen atoms in total. The van der Waals surface area contributed by atoms with Gasteiger partial charge in [-0.05, 0) is 55.6 Å². The van der Waals surface area contributed by atoms with Crippen LogP contribution in [-0.4, -0.2) is 22.9 Å². The zero-order valence-electron chi connectivity index (χ0n) is 10.9. The molecule has 3 heteroatoms. The molecule has 0 spiro atoms. The first-order valence-electron chi connectivity index (χ1n) is 6.65. The van der Waals surface area contributed by atoms with Crippen molar-refractivity contribution in [3.05, 3.63) is 0 Å². The van der Waals surface area contributed by atoms with E-state index >= 15 is 0 Å². The summed E-state index contributed by atoms with van der Waals surface area (Å²) < 4.78 is 8.67. The number of nitrogens with one attached hydrogen (secondary N) is 1. The lowest BCUT2D eigenvalue weighted by molar-refractivity contribution is 0.170. The average molecular weight is 245 g/mol. The fourth-order valence-corrected chi connectivity index (χ4v) is 3.13. The summed E-state index contributed by atoms with van der Waals surface area (Å²) in [5, 5.41) is 3.69. The summed E-state index contributed by atoms with van der Waals surface area (Å²) in [6.07, 6.45) is 5.17. The molecule has 3 atom stereocenters. The van der Waals surface area contributed by atoms with E-state index in [2.05, 4.69) is 26.1 Å². The highest BCUT2D eigenvalue weighted by Gasteiger charge is 2.29. The van der Waals surface area contributed by atoms with E-state index in [1.54, 1.807) is 0 Å². The van der Waals surface area contributed by atoms with E-state index in [-0.39, 0.29) is 0 Å². The minimum Gasteiger partial charge on any atom is -0.330 e. The number of hydrogen-bond acceptors (Lipinski definition) is 3. The van der Waals surface area contributed by atoms with Crippen LogP contribution in [-0.2, 0) is 0 Å². The molecule has 2 N–H and O–H groups in total. The molecule has 2 unspecified atom stereocenters. The number of rotatable bonds is 6. The van der Waals surface area contributed by atoms with Crippen molar-refractivity contribution in [1.29, 1.82) is 0 Å². The van der Waals surface area contributed by atoms with Gasteiger partial charge in [-0.25, -0.2) is 0 Å². The Morgan fingerprint density at radius 1 is 1.38 bits per heavy atom. The summed E-state index contributed by atoms with van der Waals surface area (Å²) in [7, 11) is 0. The second-order valence-corrected chi connectivity index (χ2v) is 6.24. The van der Waals surface area contributed by atoms with Crippen molar-refractivity contribution in [3.8, 4) is 0 Å². The minimum absolute atomic E-state index is 0.701. The smallest absolute Gasteiger partial charge is 0.0207 e. The topological polar surface area (TPSA) is 32.3 Å². The van der Waals surface area contributed by atoms with Crippen LogP contribution < -0.4 is 5.32 Å². The Kier molecular flexibility index (Phi) is 6.78. The van der Waals surface area contributed by atoms with Gasteiger partial charge in [0, 0.05) is 11.8 Å². The molecule has 96 valence electrons. The molecule has 0 aromatic rings. The Hall–Kier alpha value is 0.270. The Bertz CT molecular complexity index is 187. The van der Waals surface area contributed by atoms with Crippen LogP contribution >= 0.6 is 12.0 Å². The molecule has 1 rings (SSSR count). The van der Waals surface area contributed by atoms with Crippen molar-refractivity contribution < 1.29 is 4.55 Å². The van der Waals surface area contributed by atoms with Crippen LogP contribution in [0, 0.1) is 17.8 Å². The van der Waals surface area contributed by atoms with E-state index in [9.17, 15) is 0 Å². The normalized spacial score (nSPS) is 30.9. The molecular formula is C13H27NOS. The molecule has 1 fully saturated rings. The van der Waals surface area contributed by atoms with Crippen molar-refractivity contribution in [3.63, 3.8) is 0 Å². The Morgan fingerprint density at radius 2 is 2.12 bits per heavy atom. The average Bonchev–Trinajstić information content (AvgIpc) is 2.24. The van der Waals surface area contributed by atoms with E-state index < -0.39 is 0 Å². The van der Waals surface area contributed by atoms with Crippen LogP contribution in [0.25, 0.3) is 0 Å². The molecule has 1 aliphatic rings. The van der Waals surface area contributed by atoms with Crippen LogP contribution in [0.2, 0.25) is 0 Å². The second kappa shape index (κ2) is 7.57. The Labute approximate surface area is 105 Å². The van der Waals surface area contributed by atoms with Gasteiger partial charge < -0.3 is 9.87 Å². The molecule has 1 saturated carbocycles. The lowest BCUT2D eigenvalue weighted by Gasteiger charge is -2.38. The second-order valence-electron chi connectivity index (χ2n) is 5.57. The fraction of sp³-hybridized carbons (Fsp3) is 1.00. The lowest BCUT2D eigenvalue weighted by atomic mass is 9.74. The molecule has 0 bridgehead atoms. The van der Waals surface area contributed by atoms with Crippen LogP contribution in [0.15, 0.2) is 0 Å². The van der Waals surface area contributed by atoms with Gasteiger partial charge in [-0.15, -0.1) is 0 Å². The van der Waals surface area contributed by atoms with Gasteiger partial charge in [-0.1, -0.05) is 27.2 Å². The van der Waals surface area contributed by atoms with E-state index in [0.29, 0.717) is 6.04 Å². The molecule has 0 radical (unpaired) electrons. The maximum atomic E-state index is 8.67. The fourth-order valence-electron chi connectivity index (χ4n) is 2.86. The first-order chi connectivity index (χ1) is 7.65. The standard InChI is InChI=1S/C13H27NOS/c1-10(2)12-6-5-11(3)9-13(12)14-7-4-8-16-15/h10-15H,4-9H2,1-3H3/t11?,12-,13?/m0/s1. The van der Waals surface area contributed by atoms with Gasteiger partial charge in [-0.3, -0.25) is 0 Å². The largest absolute Gasteiger partial charge is 0.330 e. The predicted molar refractivity (Wildman–Crippen MR) is 72.8 cm³/mol. The van der Waals surface area contributed by atoms with Crippen molar-refractivity contribution in [2.45, 2.75) is 52.5 Å². The molecule has 0 heterocycles. The molecule has 0 aromatic heterocycles. The highest BCUT2D eigenvalue weighted by atomic mass is 32.2. The maximum absolute atomic E-state index is 8.67. The molecule has 0 saturated heterocycles. The third-order valence-corrected chi connectivity index (χ3v) is 4.31. The summed E-state index contributed by atoms with van der Waals surface area (Å²) >= 11 is 0.956. The van der Waals surface area contributed by atoms with Gasteiger partial charge in [0.05, 0.1) is 0 Å². The third-order valence-electron chi connectivity index (χ3n) is 3.84. The molecule has 0 aliphatic heterocycles. The molecule has 0 amide bonds. The summed E-state index contributed by atoms with van der Waals surface area (Å²) in [5.74, 6) is 3.36. The third kappa shape index (κ3) is 4.64. The van der Waals surface area contributed by atoms with E-state index in [0.717, 1.165) is 48.5 Å². The van der Waals surface area contributed by atoms with Crippen molar-refractivity contribution in [2.75, 3.05) is 12.3 Å². The van der Waals surface area contributed by atoms with Crippen molar-refractivity contribution in [2.24, 2.45) is 17.8 Å². The van der Waals surface area contributed by atoms with Crippen LogP contribution in [0.1, 0.15) is 46.5 Å². The Balaban J connectivity index is 2.33. The van der Waals surface area contributed by atoms with Crippen molar-refractivity contribution >= 4 is 12.0 Å². The quantitative estimate of drug-likeness (QED) is 0.553.